The zero-order valence-electron chi connectivity index (χ0n) is 14.3. The highest BCUT2D eigenvalue weighted by molar-refractivity contribution is 5.81. The molecule has 128 valence electrons. The molecule has 0 saturated carbocycles. The first-order chi connectivity index (χ1) is 10.3. The topological polar surface area (TPSA) is 67.9 Å². The zero-order valence-corrected chi connectivity index (χ0v) is 14.3. The second-order valence-corrected chi connectivity index (χ2v) is 6.77. The van der Waals surface area contributed by atoms with Crippen LogP contribution in [0.15, 0.2) is 0 Å². The minimum atomic E-state index is -0.648. The number of nitrogens with one attached hydrogen (secondary N) is 1. The monoisotopic (exact) mass is 314 g/mol. The molecule has 1 amide bonds. The summed E-state index contributed by atoms with van der Waals surface area (Å²) in [6, 6.07) is -0.648. The highest BCUT2D eigenvalue weighted by Gasteiger charge is 2.25. The quantitative estimate of drug-likeness (QED) is 0.762. The highest BCUT2D eigenvalue weighted by atomic mass is 16.6. The highest BCUT2D eigenvalue weighted by Crippen LogP contribution is 2.11. The van der Waals surface area contributed by atoms with Gasteiger partial charge in [0.15, 0.2) is 0 Å². The number of likely N-dealkylation sites (tertiary alicyclic amines) is 1. The van der Waals surface area contributed by atoms with E-state index >= 15 is 0 Å². The van der Waals surface area contributed by atoms with Gasteiger partial charge in [-0.3, -0.25) is 0 Å². The van der Waals surface area contributed by atoms with Crippen molar-refractivity contribution in [3.63, 3.8) is 0 Å². The summed E-state index contributed by atoms with van der Waals surface area (Å²) in [5, 5.41) is 2.61. The number of alkyl carbamates (subject to hydrolysis) is 1. The Kier molecular flexibility index (Phi) is 7.65. The molecule has 1 heterocycles. The van der Waals surface area contributed by atoms with Gasteiger partial charge in [0.2, 0.25) is 0 Å². The van der Waals surface area contributed by atoms with Crippen LogP contribution in [0.5, 0.6) is 0 Å². The minimum absolute atomic E-state index is 0.426. The number of esters is 1. The molecule has 0 aliphatic carbocycles. The zero-order chi connectivity index (χ0) is 16.6. The molecule has 0 bridgehead atoms. The van der Waals surface area contributed by atoms with E-state index in [0.29, 0.717) is 6.42 Å². The van der Waals surface area contributed by atoms with Gasteiger partial charge in [-0.05, 0) is 66.1 Å². The van der Waals surface area contributed by atoms with E-state index in [1.165, 1.54) is 26.4 Å². The molecule has 1 aliphatic heterocycles. The number of hydrogen-bond donors (Lipinski definition) is 1. The molecular formula is C16H30N2O4. The van der Waals surface area contributed by atoms with Gasteiger partial charge >= 0.3 is 12.1 Å². The molecule has 1 atom stereocenters. The number of ether oxygens (including phenoxy) is 2. The van der Waals surface area contributed by atoms with Crippen molar-refractivity contribution in [3.8, 4) is 0 Å². The van der Waals surface area contributed by atoms with Gasteiger partial charge in [-0.15, -0.1) is 0 Å². The normalized spacial score (nSPS) is 17.6. The number of methoxy groups -OCH3 is 1. The molecule has 0 aromatic carbocycles. The summed E-state index contributed by atoms with van der Waals surface area (Å²) in [5.41, 5.74) is -0.585. The summed E-state index contributed by atoms with van der Waals surface area (Å²) in [6.45, 7) is 8.57. The Morgan fingerprint density at radius 2 is 1.82 bits per heavy atom. The Labute approximate surface area is 133 Å². The summed E-state index contributed by atoms with van der Waals surface area (Å²) in [4.78, 5) is 26.0. The first-order valence-electron chi connectivity index (χ1n) is 8.11. The fraction of sp³-hybridized carbons (Fsp3) is 0.875. The molecule has 0 radical (unpaired) electrons. The van der Waals surface area contributed by atoms with E-state index in [4.69, 9.17) is 9.47 Å². The predicted molar refractivity (Wildman–Crippen MR) is 84.7 cm³/mol. The van der Waals surface area contributed by atoms with Gasteiger partial charge < -0.3 is 19.7 Å². The lowest BCUT2D eigenvalue weighted by atomic mass is 10.1. The van der Waals surface area contributed by atoms with Gasteiger partial charge in [-0.2, -0.15) is 0 Å². The van der Waals surface area contributed by atoms with E-state index in [1.54, 1.807) is 20.8 Å². The smallest absolute Gasteiger partial charge is 0.408 e. The molecule has 1 rings (SSSR count). The fourth-order valence-electron chi connectivity index (χ4n) is 2.54. The number of nitrogens with zero attached hydrogens (tertiary/aromatic N) is 1. The molecule has 1 N–H and O–H groups in total. The number of rotatable bonds is 6. The summed E-state index contributed by atoms with van der Waals surface area (Å²) >= 11 is 0. The van der Waals surface area contributed by atoms with Gasteiger partial charge in [0.05, 0.1) is 7.11 Å². The van der Waals surface area contributed by atoms with E-state index in [1.807, 2.05) is 0 Å². The molecule has 1 aliphatic rings. The van der Waals surface area contributed by atoms with Crippen LogP contribution in [0.25, 0.3) is 0 Å². The third-order valence-corrected chi connectivity index (χ3v) is 3.59. The molecule has 22 heavy (non-hydrogen) atoms. The van der Waals surface area contributed by atoms with E-state index in [9.17, 15) is 9.59 Å². The van der Waals surface area contributed by atoms with Gasteiger partial charge in [0, 0.05) is 0 Å². The fourth-order valence-corrected chi connectivity index (χ4v) is 2.54. The number of carbonyl (C=O) groups excluding carboxylic acids is 2. The first kappa shape index (κ1) is 18.7. The van der Waals surface area contributed by atoms with Crippen LogP contribution in [-0.2, 0) is 14.3 Å². The molecule has 6 nitrogen and oxygen atoms in total. The van der Waals surface area contributed by atoms with Crippen molar-refractivity contribution in [1.82, 2.24) is 10.2 Å². The maximum Gasteiger partial charge on any atom is 0.408 e. The third kappa shape index (κ3) is 7.64. The Morgan fingerprint density at radius 1 is 1.18 bits per heavy atom. The van der Waals surface area contributed by atoms with E-state index in [2.05, 4.69) is 10.2 Å². The maximum absolute atomic E-state index is 11.8. The van der Waals surface area contributed by atoms with Gasteiger partial charge in [-0.1, -0.05) is 6.42 Å². The molecule has 0 spiro atoms. The van der Waals surface area contributed by atoms with Crippen molar-refractivity contribution < 1.29 is 19.1 Å². The van der Waals surface area contributed by atoms with E-state index < -0.39 is 23.7 Å². The molecule has 0 aromatic rings. The second-order valence-electron chi connectivity index (χ2n) is 6.77. The van der Waals surface area contributed by atoms with Crippen LogP contribution in [0.3, 0.4) is 0 Å². The van der Waals surface area contributed by atoms with Gasteiger partial charge in [0.1, 0.15) is 11.6 Å². The van der Waals surface area contributed by atoms with Crippen LogP contribution in [0.4, 0.5) is 4.79 Å². The van der Waals surface area contributed by atoms with Gasteiger partial charge in [0.25, 0.3) is 0 Å². The molecule has 1 unspecified atom stereocenters. The van der Waals surface area contributed by atoms with E-state index in [-0.39, 0.29) is 0 Å². The van der Waals surface area contributed by atoms with E-state index in [0.717, 1.165) is 26.1 Å². The Balaban J connectivity index is 2.39. The summed E-state index contributed by atoms with van der Waals surface area (Å²) in [7, 11) is 1.33. The molecule has 1 saturated heterocycles. The van der Waals surface area contributed by atoms with Crippen molar-refractivity contribution in [3.05, 3.63) is 0 Å². The Bertz CT molecular complexity index is 360. The number of piperidine rings is 1. The average molecular weight is 314 g/mol. The number of hydrogen-bond acceptors (Lipinski definition) is 5. The Hall–Kier alpha value is -1.30. The lowest BCUT2D eigenvalue weighted by Crippen LogP contribution is -2.44. The van der Waals surface area contributed by atoms with Crippen LogP contribution in [0.2, 0.25) is 0 Å². The van der Waals surface area contributed by atoms with Crippen molar-refractivity contribution >= 4 is 12.1 Å². The average Bonchev–Trinajstić information content (AvgIpc) is 2.44. The summed E-state index contributed by atoms with van der Waals surface area (Å²) < 4.78 is 9.95. The van der Waals surface area contributed by atoms with Crippen molar-refractivity contribution in [2.75, 3.05) is 26.7 Å². The maximum atomic E-state index is 11.8. The van der Waals surface area contributed by atoms with Crippen LogP contribution in [0, 0.1) is 0 Å². The summed E-state index contributed by atoms with van der Waals surface area (Å²) in [5.74, 6) is -0.426. The van der Waals surface area contributed by atoms with Crippen molar-refractivity contribution in [2.45, 2.75) is 64.5 Å². The summed E-state index contributed by atoms with van der Waals surface area (Å²) in [6.07, 6.45) is 4.62. The number of carbonyl (C=O) groups is 2. The lowest BCUT2D eigenvalue weighted by molar-refractivity contribution is -0.143. The third-order valence-electron chi connectivity index (χ3n) is 3.59. The predicted octanol–water partition coefficient (Wildman–Crippen LogP) is 2.32. The molecule has 6 heteroatoms. The van der Waals surface area contributed by atoms with Crippen LogP contribution in [0.1, 0.15) is 52.9 Å². The van der Waals surface area contributed by atoms with Gasteiger partial charge in [-0.25, -0.2) is 9.59 Å². The second kappa shape index (κ2) is 8.98. The Morgan fingerprint density at radius 3 is 2.36 bits per heavy atom. The van der Waals surface area contributed by atoms with Crippen molar-refractivity contribution in [1.29, 1.82) is 0 Å². The van der Waals surface area contributed by atoms with Crippen molar-refractivity contribution in [2.24, 2.45) is 0 Å². The van der Waals surface area contributed by atoms with Crippen LogP contribution in [-0.4, -0.2) is 55.3 Å². The van der Waals surface area contributed by atoms with Crippen LogP contribution >= 0.6 is 0 Å². The standard InChI is InChI=1S/C16H30N2O4/c1-16(2,3)22-15(20)17-13(14(19)21-4)9-8-12-18-10-6-5-7-11-18/h13H,5-12H2,1-4H3,(H,17,20). The van der Waals surface area contributed by atoms with Crippen LogP contribution < -0.4 is 5.32 Å². The minimum Gasteiger partial charge on any atom is -0.467 e. The number of amides is 1. The largest absolute Gasteiger partial charge is 0.467 e. The SMILES string of the molecule is COC(=O)C(CCCN1CCCCC1)NC(=O)OC(C)(C)C. The molecular weight excluding hydrogens is 284 g/mol. The lowest BCUT2D eigenvalue weighted by Gasteiger charge is -2.27. The molecule has 1 fully saturated rings. The molecule has 0 aromatic heterocycles. The first-order valence-corrected chi connectivity index (χ1v) is 8.11.